The van der Waals surface area contributed by atoms with Crippen molar-refractivity contribution in [2.75, 3.05) is 5.75 Å². The van der Waals surface area contributed by atoms with Crippen LogP contribution in [-0.4, -0.2) is 5.75 Å². The first-order valence-electron chi connectivity index (χ1n) is 5.05. The maximum Gasteiger partial charge on any atom is -0.00574 e. The molecular weight excluding hydrogens is 176 g/mol. The van der Waals surface area contributed by atoms with E-state index in [4.69, 9.17) is 0 Å². The van der Waals surface area contributed by atoms with Gasteiger partial charge in [-0.2, -0.15) is 12.6 Å². The molecule has 0 heterocycles. The van der Waals surface area contributed by atoms with E-state index >= 15 is 0 Å². The van der Waals surface area contributed by atoms with Gasteiger partial charge >= 0.3 is 0 Å². The smallest absolute Gasteiger partial charge is 0.00574 e. The Hall–Kier alpha value is -0.430. The van der Waals surface area contributed by atoms with Crippen LogP contribution in [-0.2, 0) is 12.8 Å². The number of hydrogen-bond acceptors (Lipinski definition) is 1. The largest absolute Gasteiger partial charge is 0.179 e. The molecule has 0 saturated carbocycles. The first-order chi connectivity index (χ1) is 6.36. The quantitative estimate of drug-likeness (QED) is 0.699. The van der Waals surface area contributed by atoms with Crippen LogP contribution < -0.4 is 0 Å². The van der Waals surface area contributed by atoms with Gasteiger partial charge in [-0.15, -0.1) is 0 Å². The highest BCUT2D eigenvalue weighted by atomic mass is 32.1. The van der Waals surface area contributed by atoms with E-state index in [2.05, 4.69) is 43.8 Å². The fourth-order valence-corrected chi connectivity index (χ4v) is 1.33. The molecule has 0 bridgehead atoms. The molecule has 0 aliphatic carbocycles. The SMILES string of the molecule is CC.CCc1ccc(CCS)cc1. The molecule has 1 aromatic carbocycles. The number of hydrogen-bond donors (Lipinski definition) is 1. The van der Waals surface area contributed by atoms with Crippen LogP contribution in [0.2, 0.25) is 0 Å². The van der Waals surface area contributed by atoms with Gasteiger partial charge in [0.25, 0.3) is 0 Å². The second-order valence-electron chi connectivity index (χ2n) is 2.64. The van der Waals surface area contributed by atoms with Crippen molar-refractivity contribution in [1.29, 1.82) is 0 Å². The zero-order valence-corrected chi connectivity index (χ0v) is 9.77. The lowest BCUT2D eigenvalue weighted by molar-refractivity contribution is 1.11. The van der Waals surface area contributed by atoms with Gasteiger partial charge in [0.15, 0.2) is 0 Å². The van der Waals surface area contributed by atoms with Gasteiger partial charge in [0.1, 0.15) is 0 Å². The van der Waals surface area contributed by atoms with Gasteiger partial charge < -0.3 is 0 Å². The summed E-state index contributed by atoms with van der Waals surface area (Å²) in [5, 5.41) is 0. The fourth-order valence-electron chi connectivity index (χ4n) is 1.07. The number of benzene rings is 1. The van der Waals surface area contributed by atoms with Crippen LogP contribution in [0.25, 0.3) is 0 Å². The Bertz CT molecular complexity index is 201. The molecule has 0 N–H and O–H groups in total. The Balaban J connectivity index is 0.000000671. The first kappa shape index (κ1) is 12.6. The van der Waals surface area contributed by atoms with E-state index < -0.39 is 0 Å². The molecule has 0 aromatic heterocycles. The van der Waals surface area contributed by atoms with Gasteiger partial charge in [0, 0.05) is 0 Å². The molecule has 0 aliphatic rings. The summed E-state index contributed by atoms with van der Waals surface area (Å²) in [5.41, 5.74) is 2.80. The summed E-state index contributed by atoms with van der Waals surface area (Å²) in [5.74, 6) is 0.936. The summed E-state index contributed by atoms with van der Waals surface area (Å²) in [4.78, 5) is 0. The average Bonchev–Trinajstić information content (AvgIpc) is 2.23. The van der Waals surface area contributed by atoms with Gasteiger partial charge in [-0.25, -0.2) is 0 Å². The molecule has 1 rings (SSSR count). The lowest BCUT2D eigenvalue weighted by atomic mass is 10.1. The standard InChI is InChI=1S/C10H14S.C2H6/c1-2-9-3-5-10(6-4-9)7-8-11;1-2/h3-6,11H,2,7-8H2,1H3;1-2H3. The van der Waals surface area contributed by atoms with Gasteiger partial charge in [0.05, 0.1) is 0 Å². The molecule has 0 radical (unpaired) electrons. The highest BCUT2D eigenvalue weighted by Crippen LogP contribution is 2.05. The maximum absolute atomic E-state index is 4.18. The van der Waals surface area contributed by atoms with Crippen LogP contribution in [0.1, 0.15) is 31.9 Å². The lowest BCUT2D eigenvalue weighted by Gasteiger charge is -1.99. The van der Waals surface area contributed by atoms with Gasteiger partial charge in [-0.3, -0.25) is 0 Å². The maximum atomic E-state index is 4.18. The Kier molecular flexibility index (Phi) is 7.91. The molecular formula is C12H20S. The molecule has 0 spiro atoms. The molecule has 1 aromatic rings. The van der Waals surface area contributed by atoms with Crippen LogP contribution in [0, 0.1) is 0 Å². The normalized spacial score (nSPS) is 8.92. The van der Waals surface area contributed by atoms with E-state index in [1.807, 2.05) is 13.8 Å². The summed E-state index contributed by atoms with van der Waals surface area (Å²) in [6.45, 7) is 6.17. The third kappa shape index (κ3) is 4.99. The summed E-state index contributed by atoms with van der Waals surface area (Å²) >= 11 is 4.18. The molecule has 0 nitrogen and oxygen atoms in total. The summed E-state index contributed by atoms with van der Waals surface area (Å²) in [6, 6.07) is 8.77. The van der Waals surface area contributed by atoms with E-state index in [-0.39, 0.29) is 0 Å². The fraction of sp³-hybridized carbons (Fsp3) is 0.500. The molecule has 0 saturated heterocycles. The van der Waals surface area contributed by atoms with Crippen molar-refractivity contribution < 1.29 is 0 Å². The van der Waals surface area contributed by atoms with Gasteiger partial charge in [-0.1, -0.05) is 45.0 Å². The zero-order chi connectivity index (χ0) is 10.1. The summed E-state index contributed by atoms with van der Waals surface area (Å²) in [7, 11) is 0. The number of aryl methyl sites for hydroxylation is 2. The van der Waals surface area contributed by atoms with E-state index in [9.17, 15) is 0 Å². The third-order valence-electron chi connectivity index (χ3n) is 1.83. The predicted molar refractivity (Wildman–Crippen MR) is 64.7 cm³/mol. The topological polar surface area (TPSA) is 0 Å². The second kappa shape index (κ2) is 8.18. The molecule has 1 heteroatoms. The zero-order valence-electron chi connectivity index (χ0n) is 8.88. The molecule has 13 heavy (non-hydrogen) atoms. The minimum absolute atomic E-state index is 0.936. The molecule has 0 amide bonds. The predicted octanol–water partition coefficient (Wildman–Crippen LogP) is 3.75. The van der Waals surface area contributed by atoms with Crippen LogP contribution in [0.3, 0.4) is 0 Å². The van der Waals surface area contributed by atoms with Crippen molar-refractivity contribution in [3.05, 3.63) is 35.4 Å². The van der Waals surface area contributed by atoms with Crippen LogP contribution in [0.4, 0.5) is 0 Å². The van der Waals surface area contributed by atoms with Crippen LogP contribution in [0.5, 0.6) is 0 Å². The molecule has 74 valence electrons. The van der Waals surface area contributed by atoms with E-state index in [0.717, 1.165) is 18.6 Å². The lowest BCUT2D eigenvalue weighted by Crippen LogP contribution is -1.86. The van der Waals surface area contributed by atoms with Crippen molar-refractivity contribution in [3.63, 3.8) is 0 Å². The second-order valence-corrected chi connectivity index (χ2v) is 3.09. The van der Waals surface area contributed by atoms with Crippen LogP contribution >= 0.6 is 12.6 Å². The highest BCUT2D eigenvalue weighted by Gasteiger charge is 1.90. The van der Waals surface area contributed by atoms with Crippen LogP contribution in [0.15, 0.2) is 24.3 Å². The van der Waals surface area contributed by atoms with Gasteiger partial charge in [-0.05, 0) is 29.7 Å². The highest BCUT2D eigenvalue weighted by molar-refractivity contribution is 7.80. The summed E-state index contributed by atoms with van der Waals surface area (Å²) < 4.78 is 0. The number of rotatable bonds is 3. The van der Waals surface area contributed by atoms with Crippen molar-refractivity contribution in [2.24, 2.45) is 0 Å². The molecule has 0 unspecified atom stereocenters. The van der Waals surface area contributed by atoms with Crippen molar-refractivity contribution in [1.82, 2.24) is 0 Å². The monoisotopic (exact) mass is 196 g/mol. The van der Waals surface area contributed by atoms with Crippen molar-refractivity contribution in [2.45, 2.75) is 33.6 Å². The number of thiol groups is 1. The molecule has 0 fully saturated rings. The first-order valence-corrected chi connectivity index (χ1v) is 5.68. The average molecular weight is 196 g/mol. The van der Waals surface area contributed by atoms with E-state index in [0.29, 0.717) is 0 Å². The Morgan fingerprint density at radius 1 is 1.00 bits per heavy atom. The minimum atomic E-state index is 0.936. The summed E-state index contributed by atoms with van der Waals surface area (Å²) in [6.07, 6.45) is 2.20. The minimum Gasteiger partial charge on any atom is -0.179 e. The van der Waals surface area contributed by atoms with Gasteiger partial charge in [0.2, 0.25) is 0 Å². The Morgan fingerprint density at radius 3 is 1.85 bits per heavy atom. The molecule has 0 atom stereocenters. The Labute approximate surface area is 87.8 Å². The van der Waals surface area contributed by atoms with E-state index in [1.54, 1.807) is 0 Å². The van der Waals surface area contributed by atoms with Crippen molar-refractivity contribution >= 4 is 12.6 Å². The van der Waals surface area contributed by atoms with E-state index in [1.165, 1.54) is 11.1 Å². The van der Waals surface area contributed by atoms with Crippen molar-refractivity contribution in [3.8, 4) is 0 Å². The molecule has 0 aliphatic heterocycles. The third-order valence-corrected chi connectivity index (χ3v) is 2.06. The Morgan fingerprint density at radius 2 is 1.46 bits per heavy atom.